The molecule has 128 valence electrons. The molecule has 0 spiro atoms. The van der Waals surface area contributed by atoms with E-state index in [1.165, 1.54) is 0 Å². The summed E-state index contributed by atoms with van der Waals surface area (Å²) in [5.74, 6) is -0.167. The molecule has 24 heavy (non-hydrogen) atoms. The number of benzene rings is 1. The minimum atomic E-state index is -0.167. The molecule has 0 fully saturated rings. The van der Waals surface area contributed by atoms with Gasteiger partial charge < -0.3 is 15.2 Å². The van der Waals surface area contributed by atoms with Crippen molar-refractivity contribution in [2.75, 3.05) is 0 Å². The molecular weight excluding hydrogens is 306 g/mol. The summed E-state index contributed by atoms with van der Waals surface area (Å²) in [6, 6.07) is 7.51. The van der Waals surface area contributed by atoms with Crippen molar-refractivity contribution in [2.24, 2.45) is 7.05 Å². The van der Waals surface area contributed by atoms with Crippen LogP contribution in [0.2, 0.25) is 0 Å². The molecule has 6 nitrogen and oxygen atoms in total. The molecule has 2 aromatic rings. The van der Waals surface area contributed by atoms with Gasteiger partial charge in [0.2, 0.25) is 0 Å². The van der Waals surface area contributed by atoms with Gasteiger partial charge in [-0.2, -0.15) is 5.10 Å². The van der Waals surface area contributed by atoms with Gasteiger partial charge in [0.1, 0.15) is 0 Å². The van der Waals surface area contributed by atoms with E-state index >= 15 is 0 Å². The largest absolute Gasteiger partial charge is 0.392 e. The number of aliphatic hydroxyl groups excluding tert-OH is 1. The monoisotopic (exact) mass is 329 g/mol. The average molecular weight is 329 g/mol. The van der Waals surface area contributed by atoms with Gasteiger partial charge in [0, 0.05) is 25.6 Å². The number of hydrogen-bond acceptors (Lipinski definition) is 4. The topological polar surface area (TPSA) is 76.4 Å². The van der Waals surface area contributed by atoms with Gasteiger partial charge in [-0.1, -0.05) is 24.3 Å². The number of aryl methyl sites for hydroxylation is 1. The highest BCUT2D eigenvalue weighted by Gasteiger charge is 2.31. The highest BCUT2D eigenvalue weighted by molar-refractivity contribution is 5.94. The van der Waals surface area contributed by atoms with Crippen molar-refractivity contribution in [3.63, 3.8) is 0 Å². The fourth-order valence-electron chi connectivity index (χ4n) is 3.25. The second-order valence-corrected chi connectivity index (χ2v) is 6.29. The Balaban J connectivity index is 1.74. The molecule has 0 saturated heterocycles. The predicted octanol–water partition coefficient (Wildman–Crippen LogP) is 1.86. The minimum absolute atomic E-state index is 0.0190. The lowest BCUT2D eigenvalue weighted by Crippen LogP contribution is -2.27. The Morgan fingerprint density at radius 1 is 1.33 bits per heavy atom. The van der Waals surface area contributed by atoms with Gasteiger partial charge in [0.25, 0.3) is 5.91 Å². The zero-order valence-electron chi connectivity index (χ0n) is 14.2. The van der Waals surface area contributed by atoms with Crippen LogP contribution in [-0.4, -0.2) is 26.9 Å². The summed E-state index contributed by atoms with van der Waals surface area (Å²) >= 11 is 0. The molecule has 1 aromatic heterocycles. The summed E-state index contributed by atoms with van der Waals surface area (Å²) in [6.45, 7) is 4.44. The van der Waals surface area contributed by atoms with E-state index in [4.69, 9.17) is 9.84 Å². The van der Waals surface area contributed by atoms with Gasteiger partial charge in [-0.15, -0.1) is 0 Å². The van der Waals surface area contributed by atoms with Crippen molar-refractivity contribution in [1.82, 2.24) is 15.1 Å². The number of carbonyl (C=O) groups excluding carboxylic acids is 1. The molecule has 0 aliphatic carbocycles. The van der Waals surface area contributed by atoms with E-state index < -0.39 is 0 Å². The molecular formula is C18H23N3O3. The number of fused-ring (bicyclic) bond motifs is 1. The number of rotatable bonds is 4. The molecule has 0 bridgehead atoms. The number of carbonyl (C=O) groups is 1. The number of amides is 1. The van der Waals surface area contributed by atoms with Crippen molar-refractivity contribution in [3.05, 3.63) is 52.3 Å². The van der Waals surface area contributed by atoms with E-state index in [1.807, 2.05) is 45.2 Å². The molecule has 0 radical (unpaired) electrons. The van der Waals surface area contributed by atoms with Crippen LogP contribution in [0.15, 0.2) is 24.3 Å². The molecule has 1 aliphatic heterocycles. The number of hydrogen-bond donors (Lipinski definition) is 2. The number of nitrogens with one attached hydrogen (secondary N) is 1. The van der Waals surface area contributed by atoms with Crippen LogP contribution in [0.4, 0.5) is 0 Å². The minimum Gasteiger partial charge on any atom is -0.392 e. The highest BCUT2D eigenvalue weighted by Crippen LogP contribution is 2.31. The Hall–Kier alpha value is -2.18. The van der Waals surface area contributed by atoms with E-state index in [9.17, 15) is 4.79 Å². The Morgan fingerprint density at radius 2 is 2.00 bits per heavy atom. The normalized spacial score (nSPS) is 19.8. The lowest BCUT2D eigenvalue weighted by Gasteiger charge is -2.26. The van der Waals surface area contributed by atoms with Crippen molar-refractivity contribution in [3.8, 4) is 0 Å². The molecule has 6 heteroatoms. The van der Waals surface area contributed by atoms with Gasteiger partial charge in [-0.3, -0.25) is 9.48 Å². The van der Waals surface area contributed by atoms with E-state index in [0.29, 0.717) is 18.7 Å². The lowest BCUT2D eigenvalue weighted by atomic mass is 9.99. The van der Waals surface area contributed by atoms with Crippen LogP contribution in [0, 0.1) is 0 Å². The summed E-state index contributed by atoms with van der Waals surface area (Å²) in [7, 11) is 1.85. The first-order chi connectivity index (χ1) is 11.5. The zero-order chi connectivity index (χ0) is 17.3. The standard InChI is InChI=1S/C18H23N3O3/c1-11-8-15-16(20-21(3)17(15)12(2)24-11)18(23)19-9-13-4-6-14(10-22)7-5-13/h4-7,11-12,22H,8-10H2,1-3H3,(H,19,23)/t11-,12+/m1/s1. The average Bonchev–Trinajstić information content (AvgIpc) is 2.90. The van der Waals surface area contributed by atoms with Gasteiger partial charge in [0.15, 0.2) is 5.69 Å². The third-order valence-electron chi connectivity index (χ3n) is 4.38. The summed E-state index contributed by atoms with van der Waals surface area (Å²) < 4.78 is 7.57. The van der Waals surface area contributed by atoms with Gasteiger partial charge in [0.05, 0.1) is 24.5 Å². The van der Waals surface area contributed by atoms with Crippen LogP contribution in [0.25, 0.3) is 0 Å². The van der Waals surface area contributed by atoms with Crippen LogP contribution >= 0.6 is 0 Å². The Bertz CT molecular complexity index is 737. The van der Waals surface area contributed by atoms with Crippen LogP contribution in [0.1, 0.15) is 52.8 Å². The lowest BCUT2D eigenvalue weighted by molar-refractivity contribution is -0.00903. The first kappa shape index (κ1) is 16.7. The van der Waals surface area contributed by atoms with Crippen LogP contribution < -0.4 is 5.32 Å². The van der Waals surface area contributed by atoms with Crippen molar-refractivity contribution >= 4 is 5.91 Å². The van der Waals surface area contributed by atoms with Gasteiger partial charge in [-0.05, 0) is 25.0 Å². The molecule has 2 atom stereocenters. The SMILES string of the molecule is C[C@@H]1Cc2c(C(=O)NCc3ccc(CO)cc3)nn(C)c2[C@H](C)O1. The smallest absolute Gasteiger partial charge is 0.272 e. The number of aliphatic hydroxyl groups is 1. The highest BCUT2D eigenvalue weighted by atomic mass is 16.5. The maximum atomic E-state index is 12.6. The Kier molecular flexibility index (Phi) is 4.69. The van der Waals surface area contributed by atoms with Crippen LogP contribution in [0.3, 0.4) is 0 Å². The van der Waals surface area contributed by atoms with E-state index in [1.54, 1.807) is 4.68 Å². The number of nitrogens with zero attached hydrogens (tertiary/aromatic N) is 2. The van der Waals surface area contributed by atoms with Crippen molar-refractivity contribution in [2.45, 2.75) is 45.6 Å². The summed E-state index contributed by atoms with van der Waals surface area (Å²) in [6.07, 6.45) is 0.713. The van der Waals surface area contributed by atoms with Gasteiger partial charge >= 0.3 is 0 Å². The molecule has 1 aliphatic rings. The molecule has 2 N–H and O–H groups in total. The summed E-state index contributed by atoms with van der Waals surface area (Å²) in [5, 5.41) is 16.4. The zero-order valence-corrected chi connectivity index (χ0v) is 14.2. The number of ether oxygens (including phenoxy) is 1. The van der Waals surface area contributed by atoms with Gasteiger partial charge in [-0.25, -0.2) is 0 Å². The van der Waals surface area contributed by atoms with Crippen LogP contribution in [0.5, 0.6) is 0 Å². The fraction of sp³-hybridized carbons (Fsp3) is 0.444. The maximum absolute atomic E-state index is 12.6. The predicted molar refractivity (Wildman–Crippen MR) is 89.4 cm³/mol. The van der Waals surface area contributed by atoms with E-state index in [0.717, 1.165) is 22.4 Å². The molecule has 2 heterocycles. The summed E-state index contributed by atoms with van der Waals surface area (Å²) in [4.78, 5) is 12.6. The molecule has 3 rings (SSSR count). The molecule has 1 aromatic carbocycles. The Morgan fingerprint density at radius 3 is 2.67 bits per heavy atom. The Labute approximate surface area is 141 Å². The fourth-order valence-corrected chi connectivity index (χ4v) is 3.25. The van der Waals surface area contributed by atoms with Crippen LogP contribution in [-0.2, 0) is 31.4 Å². The maximum Gasteiger partial charge on any atom is 0.272 e. The number of aromatic nitrogens is 2. The first-order valence-corrected chi connectivity index (χ1v) is 8.17. The molecule has 0 unspecified atom stereocenters. The molecule has 1 amide bonds. The van der Waals surface area contributed by atoms with Crippen molar-refractivity contribution in [1.29, 1.82) is 0 Å². The van der Waals surface area contributed by atoms with E-state index in [-0.39, 0.29) is 24.7 Å². The third kappa shape index (κ3) is 3.20. The third-order valence-corrected chi connectivity index (χ3v) is 4.38. The first-order valence-electron chi connectivity index (χ1n) is 8.17. The quantitative estimate of drug-likeness (QED) is 0.898. The second kappa shape index (κ2) is 6.75. The summed E-state index contributed by atoms with van der Waals surface area (Å²) in [5.41, 5.74) is 4.28. The second-order valence-electron chi connectivity index (χ2n) is 6.29. The van der Waals surface area contributed by atoms with Crippen molar-refractivity contribution < 1.29 is 14.6 Å². The van der Waals surface area contributed by atoms with E-state index in [2.05, 4.69) is 10.4 Å². The molecule has 0 saturated carbocycles.